The Labute approximate surface area is 363 Å². The van der Waals surface area contributed by atoms with Gasteiger partial charge in [0.2, 0.25) is 0 Å². The number of ether oxygens (including phenoxy) is 6. The van der Waals surface area contributed by atoms with Crippen molar-refractivity contribution in [3.63, 3.8) is 0 Å². The molecular formula is C46H76ClNO12. The first-order valence-corrected chi connectivity index (χ1v) is 23.5. The lowest BCUT2D eigenvalue weighted by atomic mass is 9.72. The number of alkyl halides is 1. The molecule has 0 radical (unpaired) electrons. The molecule has 14 heteroatoms. The van der Waals surface area contributed by atoms with Crippen molar-refractivity contribution < 1.29 is 58.1 Å². The predicted octanol–water partition coefficient (Wildman–Crippen LogP) is 7.55. The second kappa shape index (κ2) is 19.9. The number of rotatable bonds is 16. The molecule has 344 valence electrons. The van der Waals surface area contributed by atoms with Crippen molar-refractivity contribution in [3.8, 4) is 0 Å². The normalized spacial score (nSPS) is 42.0. The monoisotopic (exact) mass is 870 g/mol. The highest BCUT2D eigenvalue weighted by Crippen LogP contribution is 2.54. The minimum absolute atomic E-state index is 0.0318. The first kappa shape index (κ1) is 49.2. The first-order valence-electron chi connectivity index (χ1n) is 23.0. The number of carbonyl (C=O) groups is 3. The lowest BCUT2D eigenvalue weighted by molar-refractivity contribution is -0.398. The molecule has 0 bridgehead atoms. The van der Waals surface area contributed by atoms with E-state index in [2.05, 4.69) is 26.1 Å². The summed E-state index contributed by atoms with van der Waals surface area (Å²) < 4.78 is 39.8. The van der Waals surface area contributed by atoms with E-state index >= 15 is 0 Å². The Kier molecular flexibility index (Phi) is 16.3. The predicted molar refractivity (Wildman–Crippen MR) is 226 cm³/mol. The average molecular weight is 871 g/mol. The van der Waals surface area contributed by atoms with E-state index in [1.165, 1.54) is 0 Å². The molecule has 4 N–H and O–H groups in total. The van der Waals surface area contributed by atoms with Crippen LogP contribution in [-0.4, -0.2) is 111 Å². The molecule has 0 aromatic heterocycles. The maximum absolute atomic E-state index is 14.6. The highest BCUT2D eigenvalue weighted by Gasteiger charge is 2.63. The molecule has 0 aromatic rings. The van der Waals surface area contributed by atoms with Crippen molar-refractivity contribution >= 4 is 29.4 Å². The molecule has 5 rings (SSSR count). The van der Waals surface area contributed by atoms with Gasteiger partial charge >= 0.3 is 12.1 Å². The van der Waals surface area contributed by atoms with Crippen LogP contribution in [0.25, 0.3) is 0 Å². The summed E-state index contributed by atoms with van der Waals surface area (Å²) in [5.41, 5.74) is -1.74. The molecule has 5 aliphatic rings. The van der Waals surface area contributed by atoms with Gasteiger partial charge in [0.15, 0.2) is 11.6 Å². The summed E-state index contributed by atoms with van der Waals surface area (Å²) in [6, 6.07) is -0.747. The third kappa shape index (κ3) is 9.93. The van der Waals surface area contributed by atoms with E-state index in [-0.39, 0.29) is 36.2 Å². The zero-order valence-corrected chi connectivity index (χ0v) is 38.6. The number of carboxylic acid groups (broad SMARTS) is 1. The lowest BCUT2D eigenvalue weighted by Gasteiger charge is -2.55. The van der Waals surface area contributed by atoms with Gasteiger partial charge in [0.25, 0.3) is 0 Å². The molecule has 1 unspecified atom stereocenters. The van der Waals surface area contributed by atoms with Crippen LogP contribution < -0.4 is 5.32 Å². The van der Waals surface area contributed by atoms with Crippen molar-refractivity contribution in [1.82, 2.24) is 5.32 Å². The van der Waals surface area contributed by atoms with E-state index in [1.807, 2.05) is 53.7 Å². The third-order valence-electron chi connectivity index (χ3n) is 15.3. The molecule has 18 atom stereocenters. The molecule has 0 aromatic carbocycles. The van der Waals surface area contributed by atoms with Crippen LogP contribution in [0.4, 0.5) is 4.79 Å². The number of alkyl carbamates (subject to hydrolysis) is 1. The maximum atomic E-state index is 14.6. The van der Waals surface area contributed by atoms with Gasteiger partial charge in [-0.15, -0.1) is 11.6 Å². The molecule has 4 fully saturated rings. The van der Waals surface area contributed by atoms with Crippen LogP contribution in [0.3, 0.4) is 0 Å². The number of aliphatic carboxylic acids is 1. The van der Waals surface area contributed by atoms with Crippen molar-refractivity contribution in [3.05, 3.63) is 12.2 Å². The number of ketones is 1. The Morgan fingerprint density at radius 2 is 1.63 bits per heavy atom. The summed E-state index contributed by atoms with van der Waals surface area (Å²) in [6.07, 6.45) is 6.12. The van der Waals surface area contributed by atoms with Gasteiger partial charge in [-0.2, -0.15) is 0 Å². The number of carboxylic acids is 1. The number of amides is 1. The van der Waals surface area contributed by atoms with Crippen molar-refractivity contribution in [2.24, 2.45) is 41.4 Å². The zero-order valence-electron chi connectivity index (χ0n) is 37.8. The van der Waals surface area contributed by atoms with Crippen LogP contribution >= 0.6 is 11.6 Å². The molecule has 2 spiro atoms. The fourth-order valence-corrected chi connectivity index (χ4v) is 11.2. The maximum Gasteiger partial charge on any atom is 0.407 e. The number of hydrogen-bond donors (Lipinski definition) is 4. The van der Waals surface area contributed by atoms with Crippen LogP contribution in [0.1, 0.15) is 140 Å². The van der Waals surface area contributed by atoms with Crippen LogP contribution in [0.5, 0.6) is 0 Å². The number of halogens is 1. The quantitative estimate of drug-likeness (QED) is 0.0681. The summed E-state index contributed by atoms with van der Waals surface area (Å²) in [7, 11) is 0. The minimum atomic E-state index is -1.38. The Morgan fingerprint density at radius 3 is 2.25 bits per heavy atom. The van der Waals surface area contributed by atoms with Gasteiger partial charge in [-0.25, -0.2) is 4.79 Å². The fourth-order valence-electron chi connectivity index (χ4n) is 11.1. The van der Waals surface area contributed by atoms with E-state index < -0.39 is 95.1 Å². The Hall–Kier alpha value is -1.84. The van der Waals surface area contributed by atoms with Gasteiger partial charge in [-0.1, -0.05) is 61.5 Å². The standard InChI is InChI=1S/C46H76ClNO12/c1-11-32(41(51)52)34-16-15-26(4)39(57-34)30(8)37(49)29(7)38(50)33(12-2)40-27(5)25-28(6)45(58-40)20-17-35(48-42(53)55-24-14-23-47)46(60-45)22-21-43(10,59-46)36-18-19-44(54,13-3)31(9)56-36/h17,20,26-37,39-40,49,54H,11-16,18-19,21-25H2,1-10H3,(H,48,53)(H,51,52)/t26-,27-,28+,29-,30-,31-,32+,33?,34+,35+,36+,37+,39+,40-,43-,44+,45-,46-/m0/s1. The second-order valence-electron chi connectivity index (χ2n) is 19.3. The van der Waals surface area contributed by atoms with Gasteiger partial charge in [-0.05, 0) is 96.0 Å². The lowest BCUT2D eigenvalue weighted by Crippen LogP contribution is -2.65. The molecule has 1 amide bonds. The van der Waals surface area contributed by atoms with Crippen LogP contribution in [-0.2, 0) is 38.0 Å². The minimum Gasteiger partial charge on any atom is -0.481 e. The second-order valence-corrected chi connectivity index (χ2v) is 19.6. The molecule has 0 saturated carbocycles. The average Bonchev–Trinajstić information content (AvgIpc) is 3.55. The highest BCUT2D eigenvalue weighted by atomic mass is 35.5. The summed E-state index contributed by atoms with van der Waals surface area (Å²) in [6.45, 7) is 19.7. The van der Waals surface area contributed by atoms with E-state index in [4.69, 9.17) is 40.0 Å². The Balaban J connectivity index is 1.38. The van der Waals surface area contributed by atoms with Crippen LogP contribution in [0.2, 0.25) is 0 Å². The molecule has 5 aliphatic heterocycles. The van der Waals surface area contributed by atoms with Gasteiger partial charge in [0.1, 0.15) is 11.8 Å². The molecule has 13 nitrogen and oxygen atoms in total. The number of nitrogens with one attached hydrogen (secondary N) is 1. The summed E-state index contributed by atoms with van der Waals surface area (Å²) in [4.78, 5) is 39.8. The Bertz CT molecular complexity index is 1520. The van der Waals surface area contributed by atoms with E-state index in [1.54, 1.807) is 6.92 Å². The van der Waals surface area contributed by atoms with Crippen molar-refractivity contribution in [2.75, 3.05) is 12.5 Å². The number of hydrogen-bond acceptors (Lipinski definition) is 11. The topological polar surface area (TPSA) is 179 Å². The smallest absolute Gasteiger partial charge is 0.407 e. The van der Waals surface area contributed by atoms with Crippen molar-refractivity contribution in [1.29, 1.82) is 0 Å². The number of carbonyl (C=O) groups excluding carboxylic acids is 2. The molecule has 60 heavy (non-hydrogen) atoms. The van der Waals surface area contributed by atoms with Crippen LogP contribution in [0, 0.1) is 41.4 Å². The summed E-state index contributed by atoms with van der Waals surface area (Å²) in [5, 5.41) is 35.8. The molecule has 0 aliphatic carbocycles. The van der Waals surface area contributed by atoms with E-state index in [0.29, 0.717) is 70.1 Å². The first-order chi connectivity index (χ1) is 28.2. The largest absolute Gasteiger partial charge is 0.481 e. The summed E-state index contributed by atoms with van der Waals surface area (Å²) >= 11 is 5.84. The highest BCUT2D eigenvalue weighted by molar-refractivity contribution is 6.17. The molecular weight excluding hydrogens is 794 g/mol. The van der Waals surface area contributed by atoms with Gasteiger partial charge < -0.3 is 49.1 Å². The van der Waals surface area contributed by atoms with E-state index in [0.717, 1.165) is 6.42 Å². The fraction of sp³-hybridized carbons (Fsp3) is 0.891. The van der Waals surface area contributed by atoms with Gasteiger partial charge in [0, 0.05) is 36.0 Å². The van der Waals surface area contributed by atoms with Crippen LogP contribution in [0.15, 0.2) is 12.2 Å². The van der Waals surface area contributed by atoms with E-state index in [9.17, 15) is 29.7 Å². The number of aliphatic hydroxyl groups is 2. The summed E-state index contributed by atoms with van der Waals surface area (Å²) in [5.74, 6) is -5.79. The SMILES string of the molecule is CCC(C(=O)[C@@H](C)[C@@H](O)[C@H](C)[C@@H]1O[C@@H]([C@@H](CC)C(=O)O)CC[C@@H]1C)[C@H]1O[C@]2(C=C[C@@H](NC(=O)OCCCCl)[C@]3(CC[C@@](C)([C@H]4CC[C@](O)(CC)[C@H](C)O4)O3)O2)[C@H](C)C[C@@H]1C. The number of aliphatic hydroxyl groups excluding tert-OH is 1. The third-order valence-corrected chi connectivity index (χ3v) is 15.5. The van der Waals surface area contributed by atoms with Crippen molar-refractivity contribution in [2.45, 2.75) is 205 Å². The molecule has 4 saturated heterocycles. The molecule has 5 heterocycles. The van der Waals surface area contributed by atoms with Gasteiger partial charge in [0.05, 0.1) is 60.4 Å². The van der Waals surface area contributed by atoms with Gasteiger partial charge in [-0.3, -0.25) is 9.59 Å². The zero-order chi connectivity index (χ0) is 44.4. The number of Topliss-reactive ketones (excluding diaryl/α,β-unsaturated/α-hetero) is 1. The Morgan fingerprint density at radius 1 is 0.933 bits per heavy atom.